The average molecular weight is 296 g/mol. The summed E-state index contributed by atoms with van der Waals surface area (Å²) in [5.41, 5.74) is 0.686. The Morgan fingerprint density at radius 1 is 1.14 bits per heavy atom. The molecule has 0 saturated heterocycles. The Labute approximate surface area is 134 Å². The van der Waals surface area contributed by atoms with Gasteiger partial charge in [-0.3, -0.25) is 0 Å². The molecule has 1 nitrogen and oxygen atoms in total. The highest BCUT2D eigenvalue weighted by atomic mass is 15.0. The molecule has 0 heterocycles. The Morgan fingerprint density at radius 3 is 2.29 bits per heavy atom. The predicted octanol–water partition coefficient (Wildman–Crippen LogP) is 6.03. The summed E-state index contributed by atoms with van der Waals surface area (Å²) in [7, 11) is 0. The second-order valence-electron chi connectivity index (χ2n) is 9.42. The van der Waals surface area contributed by atoms with Crippen molar-refractivity contribution >= 4 is 0 Å². The van der Waals surface area contributed by atoms with E-state index in [1.165, 1.54) is 38.5 Å². The molecular weight excluding hydrogens is 254 g/mol. The van der Waals surface area contributed by atoms with Crippen LogP contribution in [0, 0.1) is 23.2 Å². The first kappa shape index (κ1) is 19.0. The van der Waals surface area contributed by atoms with Crippen molar-refractivity contribution in [3.8, 4) is 0 Å². The maximum atomic E-state index is 3.96. The van der Waals surface area contributed by atoms with E-state index in [4.69, 9.17) is 0 Å². The van der Waals surface area contributed by atoms with E-state index in [1.807, 2.05) is 0 Å². The molecule has 21 heavy (non-hydrogen) atoms. The maximum absolute atomic E-state index is 3.96. The molecule has 0 spiro atoms. The van der Waals surface area contributed by atoms with Crippen LogP contribution in [-0.4, -0.2) is 11.6 Å². The van der Waals surface area contributed by atoms with Crippen molar-refractivity contribution in [2.75, 3.05) is 0 Å². The van der Waals surface area contributed by atoms with E-state index in [2.05, 4.69) is 60.7 Å². The van der Waals surface area contributed by atoms with Gasteiger partial charge in [0.1, 0.15) is 0 Å². The number of rotatable bonds is 3. The van der Waals surface area contributed by atoms with Crippen LogP contribution in [0.15, 0.2) is 0 Å². The Morgan fingerprint density at radius 2 is 1.76 bits per heavy atom. The van der Waals surface area contributed by atoms with Crippen LogP contribution >= 0.6 is 0 Å². The van der Waals surface area contributed by atoms with Gasteiger partial charge >= 0.3 is 0 Å². The molecule has 0 aromatic heterocycles. The molecule has 1 aliphatic rings. The monoisotopic (exact) mass is 295 g/mol. The summed E-state index contributed by atoms with van der Waals surface area (Å²) in [6, 6.07) is 0.661. The highest BCUT2D eigenvalue weighted by Crippen LogP contribution is 2.42. The zero-order valence-electron chi connectivity index (χ0n) is 16.1. The number of hydrogen-bond donors (Lipinski definition) is 1. The topological polar surface area (TPSA) is 12.0 Å². The van der Waals surface area contributed by atoms with Gasteiger partial charge in [0.25, 0.3) is 0 Å². The molecule has 0 aliphatic heterocycles. The van der Waals surface area contributed by atoms with Crippen LogP contribution < -0.4 is 5.32 Å². The first-order chi connectivity index (χ1) is 9.57. The molecule has 1 saturated carbocycles. The largest absolute Gasteiger partial charge is 0.309 e. The third kappa shape index (κ3) is 5.93. The summed E-state index contributed by atoms with van der Waals surface area (Å²) in [5, 5.41) is 3.96. The molecule has 0 amide bonds. The van der Waals surface area contributed by atoms with Crippen LogP contribution in [0.4, 0.5) is 0 Å². The van der Waals surface area contributed by atoms with Gasteiger partial charge in [-0.2, -0.15) is 0 Å². The van der Waals surface area contributed by atoms with Gasteiger partial charge in [-0.25, -0.2) is 0 Å². The van der Waals surface area contributed by atoms with E-state index < -0.39 is 0 Å². The normalized spacial score (nSPS) is 34.9. The zero-order chi connectivity index (χ0) is 16.3. The smallest absolute Gasteiger partial charge is 0.0103 e. The summed E-state index contributed by atoms with van der Waals surface area (Å²) < 4.78 is 0. The lowest BCUT2D eigenvalue weighted by molar-refractivity contribution is 0.115. The number of hydrogen-bond acceptors (Lipinski definition) is 1. The first-order valence-corrected chi connectivity index (χ1v) is 9.34. The van der Waals surface area contributed by atoms with Gasteiger partial charge in [-0.05, 0) is 56.8 Å². The van der Waals surface area contributed by atoms with Crippen molar-refractivity contribution in [3.05, 3.63) is 0 Å². The van der Waals surface area contributed by atoms with Crippen molar-refractivity contribution in [1.29, 1.82) is 0 Å². The minimum Gasteiger partial charge on any atom is -0.309 e. The summed E-state index contributed by atoms with van der Waals surface area (Å²) in [5.74, 6) is 2.44. The molecular formula is C20H41N. The molecule has 1 fully saturated rings. The Bertz CT molecular complexity index is 299. The fraction of sp³-hybridized carbons (Fsp3) is 1.00. The van der Waals surface area contributed by atoms with Crippen molar-refractivity contribution < 1.29 is 0 Å². The zero-order valence-corrected chi connectivity index (χ0v) is 16.1. The van der Waals surface area contributed by atoms with E-state index >= 15 is 0 Å². The molecule has 1 rings (SSSR count). The van der Waals surface area contributed by atoms with E-state index in [-0.39, 0.29) is 5.54 Å². The minimum atomic E-state index is 0.216. The first-order valence-electron chi connectivity index (χ1n) is 9.34. The van der Waals surface area contributed by atoms with Crippen LogP contribution in [0.3, 0.4) is 0 Å². The van der Waals surface area contributed by atoms with Crippen LogP contribution in [0.2, 0.25) is 0 Å². The number of nitrogens with one attached hydrogen (secondary N) is 1. The van der Waals surface area contributed by atoms with E-state index in [9.17, 15) is 0 Å². The lowest BCUT2D eigenvalue weighted by atomic mass is 9.69. The molecule has 2 unspecified atom stereocenters. The molecule has 1 heteroatoms. The fourth-order valence-corrected chi connectivity index (χ4v) is 4.24. The van der Waals surface area contributed by atoms with Gasteiger partial charge in [-0.1, -0.05) is 60.3 Å². The summed E-state index contributed by atoms with van der Waals surface area (Å²) in [4.78, 5) is 0. The summed E-state index contributed by atoms with van der Waals surface area (Å²) in [6.45, 7) is 19.2. The third-order valence-electron chi connectivity index (χ3n) is 5.99. The predicted molar refractivity (Wildman–Crippen MR) is 95.7 cm³/mol. The van der Waals surface area contributed by atoms with E-state index in [1.54, 1.807) is 0 Å². The van der Waals surface area contributed by atoms with Gasteiger partial charge < -0.3 is 5.32 Å². The van der Waals surface area contributed by atoms with Gasteiger partial charge in [0.15, 0.2) is 0 Å². The van der Waals surface area contributed by atoms with Crippen molar-refractivity contribution in [1.82, 2.24) is 5.32 Å². The third-order valence-corrected chi connectivity index (χ3v) is 5.99. The van der Waals surface area contributed by atoms with Crippen molar-refractivity contribution in [3.63, 3.8) is 0 Å². The van der Waals surface area contributed by atoms with Crippen LogP contribution in [-0.2, 0) is 0 Å². The molecule has 4 atom stereocenters. The van der Waals surface area contributed by atoms with Crippen LogP contribution in [0.25, 0.3) is 0 Å². The standard InChI is InChI=1S/C20H41N/c1-9-11-17-12-10-13-20(7,8)16(3)15(2)18(14-17)21-19(4,5)6/h15-18,21H,9-14H2,1-8H3/t15-,16+,17?,18?/m1/s1. The summed E-state index contributed by atoms with van der Waals surface area (Å²) >= 11 is 0. The molecule has 0 aromatic rings. The van der Waals surface area contributed by atoms with Gasteiger partial charge in [0.05, 0.1) is 0 Å². The van der Waals surface area contributed by atoms with Crippen LogP contribution in [0.5, 0.6) is 0 Å². The van der Waals surface area contributed by atoms with Gasteiger partial charge in [-0.15, -0.1) is 0 Å². The van der Waals surface area contributed by atoms with Crippen LogP contribution in [0.1, 0.15) is 93.9 Å². The molecule has 0 bridgehead atoms. The van der Waals surface area contributed by atoms with Crippen molar-refractivity contribution in [2.24, 2.45) is 23.2 Å². The second-order valence-corrected chi connectivity index (χ2v) is 9.42. The average Bonchev–Trinajstić information content (AvgIpc) is 2.36. The molecule has 0 aromatic carbocycles. The van der Waals surface area contributed by atoms with E-state index in [0.717, 1.165) is 17.8 Å². The SMILES string of the molecule is CCCC1CCCC(C)(C)[C@@H](C)[C@@H](C)C(NC(C)(C)C)C1. The molecule has 126 valence electrons. The maximum Gasteiger partial charge on any atom is 0.0103 e. The summed E-state index contributed by atoms with van der Waals surface area (Å²) in [6.07, 6.45) is 8.34. The Kier molecular flexibility index (Phi) is 6.78. The fourth-order valence-electron chi connectivity index (χ4n) is 4.24. The van der Waals surface area contributed by atoms with Gasteiger partial charge in [0.2, 0.25) is 0 Å². The Hall–Kier alpha value is -0.0400. The lowest BCUT2D eigenvalue weighted by Gasteiger charge is -2.41. The highest BCUT2D eigenvalue weighted by Gasteiger charge is 2.37. The highest BCUT2D eigenvalue weighted by molar-refractivity contribution is 4.91. The van der Waals surface area contributed by atoms with Crippen molar-refractivity contribution in [2.45, 2.75) is 105 Å². The Balaban J connectivity index is 2.95. The molecule has 1 N–H and O–H groups in total. The van der Waals surface area contributed by atoms with E-state index in [0.29, 0.717) is 11.5 Å². The van der Waals surface area contributed by atoms with Gasteiger partial charge in [0, 0.05) is 11.6 Å². The minimum absolute atomic E-state index is 0.216. The molecule has 0 radical (unpaired) electrons. The molecule has 1 aliphatic carbocycles. The lowest BCUT2D eigenvalue weighted by Crippen LogP contribution is -2.50. The second kappa shape index (κ2) is 7.49. The quantitative estimate of drug-likeness (QED) is 0.670.